The summed E-state index contributed by atoms with van der Waals surface area (Å²) in [4.78, 5) is 11.1. The van der Waals surface area contributed by atoms with Crippen LogP contribution in [0.2, 0.25) is 0 Å². The van der Waals surface area contributed by atoms with Crippen molar-refractivity contribution in [3.63, 3.8) is 0 Å². The highest BCUT2D eigenvalue weighted by Gasteiger charge is 2.42. The average molecular weight is 535 g/mol. The van der Waals surface area contributed by atoms with Gasteiger partial charge in [0.2, 0.25) is 10.0 Å². The summed E-state index contributed by atoms with van der Waals surface area (Å²) in [5.41, 5.74) is 3.80. The van der Waals surface area contributed by atoms with Crippen molar-refractivity contribution in [2.75, 3.05) is 23.0 Å². The number of aromatic nitrogens is 3. The van der Waals surface area contributed by atoms with Gasteiger partial charge < -0.3 is 19.5 Å². The second-order valence-corrected chi connectivity index (χ2v) is 10.8. The summed E-state index contributed by atoms with van der Waals surface area (Å²) in [5.74, 6) is 0.406. The Bertz CT molecular complexity index is 1510. The minimum atomic E-state index is -3.53. The van der Waals surface area contributed by atoms with Gasteiger partial charge in [0, 0.05) is 30.0 Å². The van der Waals surface area contributed by atoms with E-state index in [0.29, 0.717) is 28.8 Å². The number of ether oxygens (including phenoxy) is 1. The Labute approximate surface area is 221 Å². The highest BCUT2D eigenvalue weighted by atomic mass is 32.2. The van der Waals surface area contributed by atoms with Crippen molar-refractivity contribution in [2.24, 2.45) is 0 Å². The lowest BCUT2D eigenvalue weighted by atomic mass is 10.0. The lowest BCUT2D eigenvalue weighted by Crippen LogP contribution is -2.30. The van der Waals surface area contributed by atoms with E-state index >= 15 is 0 Å². The van der Waals surface area contributed by atoms with Crippen molar-refractivity contribution in [3.8, 4) is 5.75 Å². The van der Waals surface area contributed by atoms with Gasteiger partial charge in [0.15, 0.2) is 5.11 Å². The molecule has 0 amide bonds. The molecule has 0 aliphatic carbocycles. The summed E-state index contributed by atoms with van der Waals surface area (Å²) in [6.45, 7) is 0.582. The summed E-state index contributed by atoms with van der Waals surface area (Å²) in [5, 5.41) is 3.94. The first-order valence-electron chi connectivity index (χ1n) is 11.6. The first-order chi connectivity index (χ1) is 17.8. The number of pyridine rings is 2. The van der Waals surface area contributed by atoms with E-state index in [2.05, 4.69) is 30.6 Å². The highest BCUT2D eigenvalue weighted by Crippen LogP contribution is 2.43. The van der Waals surface area contributed by atoms with Crippen LogP contribution in [0.1, 0.15) is 29.2 Å². The number of rotatable bonds is 8. The molecule has 37 heavy (non-hydrogen) atoms. The number of anilines is 2. The fraction of sp³-hybridized carbons (Fsp3) is 0.192. The summed E-state index contributed by atoms with van der Waals surface area (Å²) in [6.07, 6.45) is 6.66. The van der Waals surface area contributed by atoms with Crippen molar-refractivity contribution >= 4 is 38.7 Å². The minimum absolute atomic E-state index is 0.250. The standard InChI is InChI=1S/C26H26N6O3S2/c1-35-23-12-11-19(16-21(23)30-37(2,33)34)32-25(24(29-26(32)36)20-9-4-6-14-28-20)22-10-7-15-31(22)17-18-8-3-5-13-27-18/h3-16,24-25,30H,17H2,1-2H3,(H,29,36)/t24-,25+/m1/s1. The van der Waals surface area contributed by atoms with Crippen molar-refractivity contribution < 1.29 is 13.2 Å². The summed E-state index contributed by atoms with van der Waals surface area (Å²) in [7, 11) is -2.04. The predicted molar refractivity (Wildman–Crippen MR) is 147 cm³/mol. The zero-order chi connectivity index (χ0) is 26.0. The van der Waals surface area contributed by atoms with Crippen LogP contribution in [-0.4, -0.2) is 41.4 Å². The molecule has 0 spiro atoms. The van der Waals surface area contributed by atoms with Gasteiger partial charge in [-0.05, 0) is 66.8 Å². The molecule has 1 fully saturated rings. The van der Waals surface area contributed by atoms with Gasteiger partial charge in [-0.3, -0.25) is 14.7 Å². The number of nitrogens with one attached hydrogen (secondary N) is 2. The van der Waals surface area contributed by atoms with Crippen LogP contribution < -0.4 is 19.7 Å². The molecule has 1 aromatic carbocycles. The SMILES string of the molecule is COc1ccc(N2C(=S)N[C@H](c3ccccn3)[C@@H]2c2cccn2Cc2ccccn2)cc1NS(C)(=O)=O. The number of hydrogen-bond acceptors (Lipinski definition) is 6. The minimum Gasteiger partial charge on any atom is -0.495 e. The van der Waals surface area contributed by atoms with Crippen LogP contribution in [0, 0.1) is 0 Å². The van der Waals surface area contributed by atoms with E-state index < -0.39 is 10.0 Å². The first-order valence-corrected chi connectivity index (χ1v) is 13.9. The molecule has 3 aromatic heterocycles. The third-order valence-corrected chi connectivity index (χ3v) is 6.99. The fourth-order valence-electron chi connectivity index (χ4n) is 4.56. The number of sulfonamides is 1. The van der Waals surface area contributed by atoms with Crippen LogP contribution in [0.15, 0.2) is 85.3 Å². The third kappa shape index (κ3) is 5.27. The number of thiocarbonyl (C=S) groups is 1. The molecule has 2 atom stereocenters. The monoisotopic (exact) mass is 534 g/mol. The Morgan fingerprint density at radius 2 is 1.84 bits per heavy atom. The third-order valence-electron chi connectivity index (χ3n) is 6.08. The van der Waals surface area contributed by atoms with Gasteiger partial charge in [-0.25, -0.2) is 8.42 Å². The Morgan fingerprint density at radius 3 is 2.51 bits per heavy atom. The van der Waals surface area contributed by atoms with Crippen LogP contribution in [0.5, 0.6) is 5.75 Å². The Balaban J connectivity index is 1.62. The largest absolute Gasteiger partial charge is 0.495 e. The molecule has 11 heteroatoms. The zero-order valence-electron chi connectivity index (χ0n) is 20.3. The first kappa shape index (κ1) is 24.7. The fourth-order valence-corrected chi connectivity index (χ4v) is 5.47. The molecule has 0 radical (unpaired) electrons. The molecule has 0 saturated carbocycles. The van der Waals surface area contributed by atoms with Gasteiger partial charge in [-0.2, -0.15) is 0 Å². The molecule has 5 rings (SSSR count). The van der Waals surface area contributed by atoms with Crippen LogP contribution in [0.4, 0.5) is 11.4 Å². The van der Waals surface area contributed by atoms with E-state index in [-0.39, 0.29) is 12.1 Å². The van der Waals surface area contributed by atoms with E-state index in [1.807, 2.05) is 59.6 Å². The molecule has 1 aliphatic heterocycles. The molecule has 190 valence electrons. The van der Waals surface area contributed by atoms with Gasteiger partial charge in [0.05, 0.1) is 43.0 Å². The number of methoxy groups -OCH3 is 1. The van der Waals surface area contributed by atoms with E-state index in [1.54, 1.807) is 24.5 Å². The second kappa shape index (κ2) is 10.2. The molecule has 4 heterocycles. The molecule has 9 nitrogen and oxygen atoms in total. The van der Waals surface area contributed by atoms with Gasteiger partial charge in [-0.15, -0.1) is 0 Å². The zero-order valence-corrected chi connectivity index (χ0v) is 21.9. The van der Waals surface area contributed by atoms with E-state index in [9.17, 15) is 8.42 Å². The van der Waals surface area contributed by atoms with Crippen molar-refractivity contribution in [3.05, 3.63) is 102 Å². The second-order valence-electron chi connectivity index (χ2n) is 8.64. The molecule has 2 N–H and O–H groups in total. The molecular weight excluding hydrogens is 508 g/mol. The quantitative estimate of drug-likeness (QED) is 0.329. The number of nitrogens with zero attached hydrogens (tertiary/aromatic N) is 4. The molecule has 1 saturated heterocycles. The molecular formula is C26H26N6O3S2. The maximum atomic E-state index is 12.0. The van der Waals surface area contributed by atoms with Gasteiger partial charge in [-0.1, -0.05) is 12.1 Å². The van der Waals surface area contributed by atoms with Crippen molar-refractivity contribution in [1.29, 1.82) is 0 Å². The lowest BCUT2D eigenvalue weighted by molar-refractivity contribution is 0.417. The van der Waals surface area contributed by atoms with Crippen LogP contribution >= 0.6 is 12.2 Å². The van der Waals surface area contributed by atoms with Crippen molar-refractivity contribution in [2.45, 2.75) is 18.6 Å². The summed E-state index contributed by atoms with van der Waals surface area (Å²) >= 11 is 5.83. The topological polar surface area (TPSA) is 101 Å². The maximum absolute atomic E-state index is 12.0. The molecule has 1 aliphatic rings. The average Bonchev–Trinajstić information content (AvgIpc) is 3.47. The Hall–Kier alpha value is -3.96. The van der Waals surface area contributed by atoms with Gasteiger partial charge >= 0.3 is 0 Å². The van der Waals surface area contributed by atoms with Crippen LogP contribution in [-0.2, 0) is 16.6 Å². The van der Waals surface area contributed by atoms with Crippen LogP contribution in [0.25, 0.3) is 0 Å². The lowest BCUT2D eigenvalue weighted by Gasteiger charge is -2.29. The predicted octanol–water partition coefficient (Wildman–Crippen LogP) is 3.88. The van der Waals surface area contributed by atoms with Crippen LogP contribution in [0.3, 0.4) is 0 Å². The molecule has 4 aromatic rings. The number of hydrogen-bond donors (Lipinski definition) is 2. The Kier molecular flexibility index (Phi) is 6.81. The summed E-state index contributed by atoms with van der Waals surface area (Å²) < 4.78 is 34.2. The van der Waals surface area contributed by atoms with E-state index in [4.69, 9.17) is 17.0 Å². The molecule has 0 unspecified atom stereocenters. The van der Waals surface area contributed by atoms with Gasteiger partial charge in [0.1, 0.15) is 11.8 Å². The molecule has 0 bridgehead atoms. The number of benzene rings is 1. The normalized spacial score (nSPS) is 17.5. The van der Waals surface area contributed by atoms with E-state index in [0.717, 1.165) is 23.3 Å². The Morgan fingerprint density at radius 1 is 1.05 bits per heavy atom. The highest BCUT2D eigenvalue weighted by molar-refractivity contribution is 7.92. The van der Waals surface area contributed by atoms with Crippen molar-refractivity contribution in [1.82, 2.24) is 19.9 Å². The smallest absolute Gasteiger partial charge is 0.229 e. The maximum Gasteiger partial charge on any atom is 0.229 e. The summed E-state index contributed by atoms with van der Waals surface area (Å²) in [6, 6.07) is 20.5. The van der Waals surface area contributed by atoms with Gasteiger partial charge in [0.25, 0.3) is 0 Å². The van der Waals surface area contributed by atoms with E-state index in [1.165, 1.54) is 7.11 Å².